The molecule has 0 fully saturated rings. The lowest BCUT2D eigenvalue weighted by molar-refractivity contribution is -0.137. The second kappa shape index (κ2) is 8.27. The van der Waals surface area contributed by atoms with E-state index in [4.69, 9.17) is 5.11 Å². The molecule has 0 saturated carbocycles. The summed E-state index contributed by atoms with van der Waals surface area (Å²) >= 11 is 0. The fraction of sp³-hybridized carbons (Fsp3) is 0.812. The van der Waals surface area contributed by atoms with Crippen molar-refractivity contribution in [3.05, 3.63) is 0 Å². The maximum absolute atomic E-state index is 11.5. The van der Waals surface area contributed by atoms with Gasteiger partial charge in [0, 0.05) is 18.8 Å². The quantitative estimate of drug-likeness (QED) is 0.814. The Morgan fingerprint density at radius 3 is 1.33 bits per heavy atom. The summed E-state index contributed by atoms with van der Waals surface area (Å²) in [5.74, 6) is -0.356. The molecule has 0 aromatic carbocycles. The van der Waals surface area contributed by atoms with Crippen LogP contribution in [0.4, 0.5) is 0 Å². The van der Waals surface area contributed by atoms with Crippen molar-refractivity contribution in [2.75, 3.05) is 0 Å². The zero-order valence-electron chi connectivity index (χ0n) is 14.8. The first-order valence-electron chi connectivity index (χ1n) is 7.22. The minimum atomic E-state index is -1.16. The molecule has 0 heterocycles. The van der Waals surface area contributed by atoms with Gasteiger partial charge >= 0.3 is 0 Å². The molecule has 0 atom stereocenters. The Morgan fingerprint density at radius 1 is 0.857 bits per heavy atom. The second-order valence-corrected chi connectivity index (χ2v) is 6.90. The van der Waals surface area contributed by atoms with E-state index in [2.05, 4.69) is 5.32 Å². The van der Waals surface area contributed by atoms with Crippen LogP contribution in [-0.4, -0.2) is 33.7 Å². The summed E-state index contributed by atoms with van der Waals surface area (Å²) in [6.45, 7) is 15.1. The van der Waals surface area contributed by atoms with E-state index in [0.717, 1.165) is 0 Å². The number of rotatable bonds is 5. The van der Waals surface area contributed by atoms with Gasteiger partial charge < -0.3 is 10.4 Å². The Labute approximate surface area is 128 Å². The molecular weight excluding hydrogens is 270 g/mol. The van der Waals surface area contributed by atoms with Crippen LogP contribution in [0, 0.1) is 11.8 Å². The molecule has 1 amide bonds. The van der Waals surface area contributed by atoms with Crippen LogP contribution in [0.15, 0.2) is 0 Å². The number of aliphatic hydroxyl groups is 1. The lowest BCUT2D eigenvalue weighted by Crippen LogP contribution is -2.50. The normalized spacial score (nSPS) is 11.8. The summed E-state index contributed by atoms with van der Waals surface area (Å²) in [7, 11) is 0. The molecule has 0 aliphatic carbocycles. The Bertz CT molecular complexity index is 376. The van der Waals surface area contributed by atoms with E-state index in [1.165, 1.54) is 20.8 Å². The van der Waals surface area contributed by atoms with E-state index >= 15 is 0 Å². The maximum atomic E-state index is 11.5. The summed E-state index contributed by atoms with van der Waals surface area (Å²) in [6, 6.07) is 0. The number of carbonyl (C=O) groups excluding carboxylic acids is 3. The molecule has 5 heteroatoms. The molecule has 0 bridgehead atoms. The standard InChI is InChI=1S/C9H17NO2.C7H14O2/c1-6(2)8(12)9(4,5)10-7(3)11;1-5(2)6(8)7(3,4)9/h6H,1-5H3,(H,10,11);5,9H,1-4H3. The summed E-state index contributed by atoms with van der Waals surface area (Å²) in [4.78, 5) is 33.1. The third-order valence-corrected chi connectivity index (χ3v) is 2.76. The van der Waals surface area contributed by atoms with Crippen LogP contribution in [0.25, 0.3) is 0 Å². The van der Waals surface area contributed by atoms with Crippen molar-refractivity contribution < 1.29 is 19.5 Å². The second-order valence-electron chi connectivity index (χ2n) is 6.90. The van der Waals surface area contributed by atoms with Gasteiger partial charge in [-0.05, 0) is 27.7 Å². The van der Waals surface area contributed by atoms with Crippen LogP contribution in [-0.2, 0) is 14.4 Å². The minimum absolute atomic E-state index is 0.0492. The third kappa shape index (κ3) is 9.34. The SMILES string of the molecule is CC(=O)NC(C)(C)C(=O)C(C)C.CC(C)C(=O)C(C)(C)O. The van der Waals surface area contributed by atoms with Crippen molar-refractivity contribution in [1.29, 1.82) is 0 Å². The van der Waals surface area contributed by atoms with E-state index in [1.807, 2.05) is 13.8 Å². The lowest BCUT2D eigenvalue weighted by atomic mass is 9.91. The van der Waals surface area contributed by atoms with Gasteiger partial charge in [-0.15, -0.1) is 0 Å². The van der Waals surface area contributed by atoms with Gasteiger partial charge in [0.25, 0.3) is 0 Å². The van der Waals surface area contributed by atoms with Crippen molar-refractivity contribution >= 4 is 17.5 Å². The Hall–Kier alpha value is -1.23. The first-order valence-corrected chi connectivity index (χ1v) is 7.22. The Morgan fingerprint density at radius 2 is 1.19 bits per heavy atom. The van der Waals surface area contributed by atoms with E-state index in [-0.39, 0.29) is 29.3 Å². The number of ketones is 2. The fourth-order valence-electron chi connectivity index (χ4n) is 1.93. The van der Waals surface area contributed by atoms with Gasteiger partial charge in [-0.25, -0.2) is 0 Å². The van der Waals surface area contributed by atoms with Gasteiger partial charge in [-0.1, -0.05) is 27.7 Å². The van der Waals surface area contributed by atoms with Crippen molar-refractivity contribution in [1.82, 2.24) is 5.32 Å². The molecule has 0 aromatic heterocycles. The highest BCUT2D eigenvalue weighted by molar-refractivity contribution is 5.92. The fourth-order valence-corrected chi connectivity index (χ4v) is 1.93. The highest BCUT2D eigenvalue weighted by atomic mass is 16.3. The molecule has 2 N–H and O–H groups in total. The van der Waals surface area contributed by atoms with Gasteiger partial charge in [-0.3, -0.25) is 14.4 Å². The molecule has 0 aromatic rings. The molecule has 0 aliphatic heterocycles. The van der Waals surface area contributed by atoms with Crippen LogP contribution in [0.3, 0.4) is 0 Å². The topological polar surface area (TPSA) is 83.5 Å². The van der Waals surface area contributed by atoms with E-state index < -0.39 is 11.1 Å². The van der Waals surface area contributed by atoms with Gasteiger partial charge in [0.15, 0.2) is 11.6 Å². The van der Waals surface area contributed by atoms with E-state index in [1.54, 1.807) is 27.7 Å². The monoisotopic (exact) mass is 301 g/mol. The predicted octanol–water partition coefficient (Wildman–Crippen LogP) is 2.11. The average Bonchev–Trinajstić information content (AvgIpc) is 2.24. The Balaban J connectivity index is 0. The van der Waals surface area contributed by atoms with Crippen LogP contribution >= 0.6 is 0 Å². The van der Waals surface area contributed by atoms with E-state index in [9.17, 15) is 14.4 Å². The minimum Gasteiger partial charge on any atom is -0.383 e. The first-order chi connectivity index (χ1) is 9.12. The first kappa shape index (κ1) is 22.1. The molecule has 0 spiro atoms. The molecule has 5 nitrogen and oxygen atoms in total. The van der Waals surface area contributed by atoms with Crippen molar-refractivity contribution in [3.8, 4) is 0 Å². The summed E-state index contributed by atoms with van der Waals surface area (Å²) < 4.78 is 0. The zero-order chi connectivity index (χ0) is 17.6. The summed E-state index contributed by atoms with van der Waals surface area (Å²) in [5, 5.41) is 11.7. The van der Waals surface area contributed by atoms with Crippen LogP contribution in [0.1, 0.15) is 62.3 Å². The van der Waals surface area contributed by atoms with Crippen molar-refractivity contribution in [3.63, 3.8) is 0 Å². The molecule has 0 unspecified atom stereocenters. The molecule has 21 heavy (non-hydrogen) atoms. The number of hydrogen-bond donors (Lipinski definition) is 2. The summed E-state index contributed by atoms with van der Waals surface area (Å²) in [5.41, 5.74) is -1.89. The van der Waals surface area contributed by atoms with Gasteiger partial charge in [0.05, 0.1) is 5.54 Å². The number of Topliss-reactive ketones (excluding diaryl/α,β-unsaturated/α-hetero) is 2. The molecule has 124 valence electrons. The number of amides is 1. The van der Waals surface area contributed by atoms with Crippen LogP contribution < -0.4 is 5.32 Å². The molecular formula is C16H31NO4. The number of carbonyl (C=O) groups is 3. The van der Waals surface area contributed by atoms with Crippen LogP contribution in [0.2, 0.25) is 0 Å². The summed E-state index contributed by atoms with van der Waals surface area (Å²) in [6.07, 6.45) is 0. The van der Waals surface area contributed by atoms with Crippen molar-refractivity contribution in [2.45, 2.75) is 73.5 Å². The Kier molecular flexibility index (Phi) is 8.69. The van der Waals surface area contributed by atoms with Gasteiger partial charge in [0.2, 0.25) is 5.91 Å². The van der Waals surface area contributed by atoms with Gasteiger partial charge in [-0.2, -0.15) is 0 Å². The van der Waals surface area contributed by atoms with Gasteiger partial charge in [0.1, 0.15) is 5.60 Å². The smallest absolute Gasteiger partial charge is 0.217 e. The molecule has 0 saturated heterocycles. The highest BCUT2D eigenvalue weighted by Crippen LogP contribution is 2.11. The average molecular weight is 301 g/mol. The van der Waals surface area contributed by atoms with E-state index in [0.29, 0.717) is 0 Å². The van der Waals surface area contributed by atoms with Crippen molar-refractivity contribution in [2.24, 2.45) is 11.8 Å². The molecule has 0 rings (SSSR count). The number of hydrogen-bond acceptors (Lipinski definition) is 4. The predicted molar refractivity (Wildman–Crippen MR) is 83.9 cm³/mol. The number of nitrogens with one attached hydrogen (secondary N) is 1. The molecule has 0 radical (unpaired) electrons. The molecule has 0 aliphatic rings. The zero-order valence-corrected chi connectivity index (χ0v) is 14.8. The largest absolute Gasteiger partial charge is 0.383 e. The third-order valence-electron chi connectivity index (χ3n) is 2.76. The van der Waals surface area contributed by atoms with Crippen LogP contribution in [0.5, 0.6) is 0 Å². The lowest BCUT2D eigenvalue weighted by Gasteiger charge is -2.25. The maximum Gasteiger partial charge on any atom is 0.217 e. The highest BCUT2D eigenvalue weighted by Gasteiger charge is 2.29.